The molecular weight excluding hydrogens is 256 g/mol. The van der Waals surface area contributed by atoms with Crippen LogP contribution in [-0.4, -0.2) is 38.2 Å². The maximum absolute atomic E-state index is 12.1. The Bertz CT molecular complexity index is 631. The number of amides is 1. The van der Waals surface area contributed by atoms with Crippen molar-refractivity contribution in [3.05, 3.63) is 23.8 Å². The number of aryl methyl sites for hydroxylation is 1. The summed E-state index contributed by atoms with van der Waals surface area (Å²) >= 11 is 0. The van der Waals surface area contributed by atoms with Crippen LogP contribution in [0.2, 0.25) is 0 Å². The first kappa shape index (κ1) is 14.5. The molecule has 0 saturated carbocycles. The predicted molar refractivity (Wildman–Crippen MR) is 76.3 cm³/mol. The molecule has 1 aromatic heterocycles. The average molecular weight is 276 g/mol. The zero-order chi connectivity index (χ0) is 14.9. The van der Waals surface area contributed by atoms with E-state index in [9.17, 15) is 9.90 Å². The molecule has 0 spiro atoms. The van der Waals surface area contributed by atoms with Crippen LogP contribution in [-0.2, 0) is 7.05 Å². The molecule has 108 valence electrons. The molecular formula is C14H20N4O2. The highest BCUT2D eigenvalue weighted by Gasteiger charge is 2.25. The van der Waals surface area contributed by atoms with Gasteiger partial charge in [-0.15, -0.1) is 5.10 Å². The van der Waals surface area contributed by atoms with Crippen LogP contribution >= 0.6 is 0 Å². The van der Waals surface area contributed by atoms with Crippen LogP contribution in [0.5, 0.6) is 0 Å². The van der Waals surface area contributed by atoms with Crippen molar-refractivity contribution >= 4 is 16.9 Å². The van der Waals surface area contributed by atoms with Gasteiger partial charge in [0.2, 0.25) is 0 Å². The van der Waals surface area contributed by atoms with Crippen molar-refractivity contribution in [3.8, 4) is 0 Å². The van der Waals surface area contributed by atoms with Crippen LogP contribution in [0.4, 0.5) is 0 Å². The average Bonchev–Trinajstić information content (AvgIpc) is 2.77. The van der Waals surface area contributed by atoms with Gasteiger partial charge in [-0.1, -0.05) is 19.1 Å². The maximum atomic E-state index is 12.1. The minimum Gasteiger partial charge on any atom is -0.388 e. The van der Waals surface area contributed by atoms with E-state index in [1.54, 1.807) is 30.8 Å². The summed E-state index contributed by atoms with van der Waals surface area (Å²) in [5.41, 5.74) is 1.14. The summed E-state index contributed by atoms with van der Waals surface area (Å²) in [5, 5.41) is 20.8. The van der Waals surface area contributed by atoms with Gasteiger partial charge in [0.1, 0.15) is 5.52 Å². The van der Waals surface area contributed by atoms with E-state index in [1.165, 1.54) is 0 Å². The van der Waals surface area contributed by atoms with Crippen LogP contribution in [0.15, 0.2) is 18.2 Å². The van der Waals surface area contributed by atoms with Gasteiger partial charge in [0.05, 0.1) is 11.1 Å². The largest absolute Gasteiger partial charge is 0.388 e. The minimum atomic E-state index is -0.924. The second-order valence-corrected chi connectivity index (χ2v) is 5.61. The van der Waals surface area contributed by atoms with Crippen molar-refractivity contribution < 1.29 is 9.90 Å². The van der Waals surface area contributed by atoms with Crippen LogP contribution in [0.25, 0.3) is 11.0 Å². The van der Waals surface area contributed by atoms with Gasteiger partial charge in [-0.25, -0.2) is 4.68 Å². The third-order valence-corrected chi connectivity index (χ3v) is 3.72. The Hall–Kier alpha value is -1.95. The third-order valence-electron chi connectivity index (χ3n) is 3.72. The summed E-state index contributed by atoms with van der Waals surface area (Å²) in [6.45, 7) is 5.75. The molecule has 2 aromatic rings. The zero-order valence-corrected chi connectivity index (χ0v) is 12.2. The quantitative estimate of drug-likeness (QED) is 0.876. The molecule has 1 heterocycles. The summed E-state index contributed by atoms with van der Waals surface area (Å²) in [4.78, 5) is 12.1. The number of carbonyl (C=O) groups excluding carboxylic acids is 1. The van der Waals surface area contributed by atoms with Crippen molar-refractivity contribution in [1.29, 1.82) is 0 Å². The first-order chi connectivity index (χ1) is 9.31. The fourth-order valence-corrected chi connectivity index (χ4v) is 1.75. The highest BCUT2D eigenvalue weighted by Crippen LogP contribution is 2.16. The number of benzene rings is 1. The molecule has 0 fully saturated rings. The number of carbonyl (C=O) groups is 1. The lowest BCUT2D eigenvalue weighted by Gasteiger charge is -2.27. The van der Waals surface area contributed by atoms with Crippen LogP contribution in [0.1, 0.15) is 31.1 Å². The summed E-state index contributed by atoms with van der Waals surface area (Å²) in [6, 6.07) is 5.23. The second-order valence-electron chi connectivity index (χ2n) is 5.61. The van der Waals surface area contributed by atoms with E-state index < -0.39 is 5.60 Å². The summed E-state index contributed by atoms with van der Waals surface area (Å²) < 4.78 is 1.65. The van der Waals surface area contributed by atoms with Crippen molar-refractivity contribution in [2.75, 3.05) is 6.54 Å². The topological polar surface area (TPSA) is 80.0 Å². The predicted octanol–water partition coefficient (Wildman–Crippen LogP) is 1.11. The number of hydrogen-bond donors (Lipinski definition) is 2. The molecule has 6 nitrogen and oxygen atoms in total. The normalized spacial score (nSPS) is 14.5. The van der Waals surface area contributed by atoms with Gasteiger partial charge in [0.25, 0.3) is 5.91 Å². The molecule has 1 atom stereocenters. The van der Waals surface area contributed by atoms with Crippen LogP contribution in [0, 0.1) is 5.92 Å². The molecule has 0 bridgehead atoms. The molecule has 6 heteroatoms. The second kappa shape index (κ2) is 5.20. The molecule has 0 aliphatic heterocycles. The first-order valence-corrected chi connectivity index (χ1v) is 6.61. The maximum Gasteiger partial charge on any atom is 0.251 e. The van der Waals surface area contributed by atoms with E-state index in [0.717, 1.165) is 5.52 Å². The standard InChI is InChI=1S/C14H20N4O2/c1-9(2)14(3,20)8-15-13(19)10-5-6-12-11(7-10)16-17-18(12)4/h5-7,9,20H,8H2,1-4H3,(H,15,19). The van der Waals surface area contributed by atoms with E-state index in [4.69, 9.17) is 0 Å². The van der Waals surface area contributed by atoms with Gasteiger partial charge in [-0.3, -0.25) is 4.79 Å². The number of hydrogen-bond acceptors (Lipinski definition) is 4. The van der Waals surface area contributed by atoms with Crippen molar-refractivity contribution in [3.63, 3.8) is 0 Å². The van der Waals surface area contributed by atoms with E-state index in [0.29, 0.717) is 11.1 Å². The molecule has 0 saturated heterocycles. The summed E-state index contributed by atoms with van der Waals surface area (Å²) in [5.74, 6) is -0.163. The van der Waals surface area contributed by atoms with Crippen molar-refractivity contribution in [2.45, 2.75) is 26.4 Å². The van der Waals surface area contributed by atoms with Gasteiger partial charge in [0, 0.05) is 19.2 Å². The summed E-state index contributed by atoms with van der Waals surface area (Å²) in [7, 11) is 1.80. The molecule has 2 rings (SSSR count). The number of aliphatic hydroxyl groups is 1. The zero-order valence-electron chi connectivity index (χ0n) is 12.2. The van der Waals surface area contributed by atoms with Crippen LogP contribution < -0.4 is 5.32 Å². The van der Waals surface area contributed by atoms with Gasteiger partial charge in [0.15, 0.2) is 0 Å². The Morgan fingerprint density at radius 2 is 2.20 bits per heavy atom. The highest BCUT2D eigenvalue weighted by atomic mass is 16.3. The monoisotopic (exact) mass is 276 g/mol. The fourth-order valence-electron chi connectivity index (χ4n) is 1.75. The lowest BCUT2D eigenvalue weighted by Crippen LogP contribution is -2.44. The Balaban J connectivity index is 2.12. The van der Waals surface area contributed by atoms with E-state index in [2.05, 4.69) is 15.6 Å². The van der Waals surface area contributed by atoms with Gasteiger partial charge in [-0.05, 0) is 31.0 Å². The van der Waals surface area contributed by atoms with Crippen molar-refractivity contribution in [1.82, 2.24) is 20.3 Å². The van der Waals surface area contributed by atoms with Gasteiger partial charge >= 0.3 is 0 Å². The number of aromatic nitrogens is 3. The van der Waals surface area contributed by atoms with E-state index >= 15 is 0 Å². The Morgan fingerprint density at radius 1 is 1.50 bits per heavy atom. The third kappa shape index (κ3) is 2.80. The highest BCUT2D eigenvalue weighted by molar-refractivity contribution is 5.97. The van der Waals surface area contributed by atoms with Crippen molar-refractivity contribution in [2.24, 2.45) is 13.0 Å². The first-order valence-electron chi connectivity index (χ1n) is 6.61. The molecule has 1 aromatic carbocycles. The number of fused-ring (bicyclic) bond motifs is 1. The molecule has 0 radical (unpaired) electrons. The smallest absolute Gasteiger partial charge is 0.251 e. The molecule has 20 heavy (non-hydrogen) atoms. The molecule has 1 amide bonds. The Kier molecular flexibility index (Phi) is 3.76. The number of rotatable bonds is 4. The van der Waals surface area contributed by atoms with Gasteiger partial charge in [-0.2, -0.15) is 0 Å². The van der Waals surface area contributed by atoms with E-state index in [-0.39, 0.29) is 18.4 Å². The van der Waals surface area contributed by atoms with E-state index in [1.807, 2.05) is 19.9 Å². The molecule has 0 aliphatic rings. The SMILES string of the molecule is CC(C)C(C)(O)CNC(=O)c1ccc2c(c1)nnn2C. The lowest BCUT2D eigenvalue weighted by atomic mass is 9.92. The number of nitrogens with one attached hydrogen (secondary N) is 1. The molecule has 0 aliphatic carbocycles. The van der Waals surface area contributed by atoms with Crippen LogP contribution in [0.3, 0.4) is 0 Å². The number of nitrogens with zero attached hydrogens (tertiary/aromatic N) is 3. The summed E-state index contributed by atoms with van der Waals surface area (Å²) in [6.07, 6.45) is 0. The van der Waals surface area contributed by atoms with Gasteiger partial charge < -0.3 is 10.4 Å². The lowest BCUT2D eigenvalue weighted by molar-refractivity contribution is 0.0142. The minimum absolute atomic E-state index is 0.0604. The fraction of sp³-hybridized carbons (Fsp3) is 0.500. The Morgan fingerprint density at radius 3 is 2.85 bits per heavy atom. The Labute approximate surface area is 117 Å². The molecule has 2 N–H and O–H groups in total. The molecule has 1 unspecified atom stereocenters.